The summed E-state index contributed by atoms with van der Waals surface area (Å²) in [6.07, 6.45) is 3.43. The van der Waals surface area contributed by atoms with Crippen LogP contribution in [-0.4, -0.2) is 23.5 Å². The summed E-state index contributed by atoms with van der Waals surface area (Å²) in [4.78, 5) is 16.0. The lowest BCUT2D eigenvalue weighted by Gasteiger charge is -2.27. The van der Waals surface area contributed by atoms with E-state index in [2.05, 4.69) is 22.2 Å². The smallest absolute Gasteiger partial charge is 0.237 e. The molecule has 1 heterocycles. The first-order valence-corrected chi connectivity index (χ1v) is 6.41. The highest BCUT2D eigenvalue weighted by atomic mass is 32.1. The Kier molecular flexibility index (Phi) is 4.84. The molecule has 0 aromatic carbocycles. The summed E-state index contributed by atoms with van der Waals surface area (Å²) in [6, 6.07) is -0.270. The number of hydrogen-bond acceptors (Lipinski definition) is 4. The Balaban J connectivity index is 2.58. The molecule has 2 N–H and O–H groups in total. The third kappa shape index (κ3) is 3.94. The van der Waals surface area contributed by atoms with Crippen molar-refractivity contribution in [1.82, 2.24) is 15.6 Å². The van der Waals surface area contributed by atoms with Gasteiger partial charge in [0.05, 0.1) is 11.6 Å². The van der Waals surface area contributed by atoms with Crippen LogP contribution < -0.4 is 10.6 Å². The average Bonchev–Trinajstić information content (AvgIpc) is 2.79. The van der Waals surface area contributed by atoms with Gasteiger partial charge >= 0.3 is 0 Å². The van der Waals surface area contributed by atoms with E-state index in [1.165, 1.54) is 0 Å². The van der Waals surface area contributed by atoms with Gasteiger partial charge in [0.2, 0.25) is 5.91 Å². The molecule has 17 heavy (non-hydrogen) atoms. The summed E-state index contributed by atoms with van der Waals surface area (Å²) in [5.41, 5.74) is -0.306. The summed E-state index contributed by atoms with van der Waals surface area (Å²) in [5.74, 6) is -0.0328. The van der Waals surface area contributed by atoms with E-state index in [1.54, 1.807) is 23.6 Å². The number of carbonyl (C=O) groups is 1. The Bertz CT molecular complexity index is 373. The summed E-state index contributed by atoms with van der Waals surface area (Å²) < 4.78 is 0. The molecule has 0 spiro atoms. The lowest BCUT2D eigenvalue weighted by Crippen LogP contribution is -2.49. The van der Waals surface area contributed by atoms with Crippen LogP contribution in [0.5, 0.6) is 0 Å². The van der Waals surface area contributed by atoms with Gasteiger partial charge in [0.25, 0.3) is 0 Å². The van der Waals surface area contributed by atoms with E-state index in [9.17, 15) is 4.79 Å². The summed E-state index contributed by atoms with van der Waals surface area (Å²) in [5, 5.41) is 8.94. The molecule has 0 aliphatic heterocycles. The molecule has 1 atom stereocenters. The zero-order chi connectivity index (χ0) is 12.9. The molecular weight excluding hydrogens is 234 g/mol. The highest BCUT2D eigenvalue weighted by Gasteiger charge is 2.27. The lowest BCUT2D eigenvalue weighted by atomic mass is 10.1. The highest BCUT2D eigenvalue weighted by Crippen LogP contribution is 2.22. The van der Waals surface area contributed by atoms with Crippen molar-refractivity contribution in [1.29, 1.82) is 0 Å². The molecule has 5 heteroatoms. The monoisotopic (exact) mass is 253 g/mol. The summed E-state index contributed by atoms with van der Waals surface area (Å²) >= 11 is 1.58. The van der Waals surface area contributed by atoms with Crippen molar-refractivity contribution in [3.05, 3.63) is 29.2 Å². The zero-order valence-corrected chi connectivity index (χ0v) is 11.3. The second kappa shape index (κ2) is 5.93. The van der Waals surface area contributed by atoms with Crippen LogP contribution in [0.2, 0.25) is 0 Å². The molecule has 1 amide bonds. The number of hydrogen-bond donors (Lipinski definition) is 2. The third-order valence-corrected chi connectivity index (χ3v) is 3.46. The molecule has 0 fully saturated rings. The molecule has 0 saturated heterocycles. The van der Waals surface area contributed by atoms with Crippen molar-refractivity contribution in [2.75, 3.05) is 6.54 Å². The quantitative estimate of drug-likeness (QED) is 0.758. The number of nitrogens with one attached hydrogen (secondary N) is 2. The maximum Gasteiger partial charge on any atom is 0.237 e. The number of aromatic nitrogens is 1. The fourth-order valence-corrected chi connectivity index (χ4v) is 2.25. The number of rotatable bonds is 6. The fourth-order valence-electron chi connectivity index (χ4n) is 1.53. The molecule has 4 nitrogen and oxygen atoms in total. The minimum absolute atomic E-state index is 0.0328. The fraction of sp³-hybridized carbons (Fsp3) is 0.500. The van der Waals surface area contributed by atoms with Crippen LogP contribution in [0.1, 0.15) is 25.8 Å². The lowest BCUT2D eigenvalue weighted by molar-refractivity contribution is -0.123. The van der Waals surface area contributed by atoms with Crippen molar-refractivity contribution in [3.63, 3.8) is 0 Å². The van der Waals surface area contributed by atoms with Crippen molar-refractivity contribution < 1.29 is 4.79 Å². The number of thiazole rings is 1. The van der Waals surface area contributed by atoms with E-state index in [-0.39, 0.29) is 17.5 Å². The van der Waals surface area contributed by atoms with Crippen molar-refractivity contribution >= 4 is 17.2 Å². The molecule has 1 aromatic rings. The molecule has 1 unspecified atom stereocenters. The van der Waals surface area contributed by atoms with Gasteiger partial charge in [-0.05, 0) is 20.8 Å². The second-order valence-corrected chi connectivity index (χ2v) is 5.26. The molecule has 1 rings (SSSR count). The maximum atomic E-state index is 11.7. The van der Waals surface area contributed by atoms with Crippen molar-refractivity contribution in [2.45, 2.75) is 32.4 Å². The Morgan fingerprint density at radius 2 is 2.41 bits per heavy atom. The van der Waals surface area contributed by atoms with Gasteiger partial charge in [-0.25, -0.2) is 4.98 Å². The van der Waals surface area contributed by atoms with Gasteiger partial charge in [-0.1, -0.05) is 6.08 Å². The second-order valence-electron chi connectivity index (χ2n) is 4.36. The van der Waals surface area contributed by atoms with Crippen LogP contribution in [0.4, 0.5) is 0 Å². The van der Waals surface area contributed by atoms with Gasteiger partial charge < -0.3 is 5.32 Å². The topological polar surface area (TPSA) is 54.0 Å². The first-order valence-electron chi connectivity index (χ1n) is 5.53. The predicted octanol–water partition coefficient (Wildman–Crippen LogP) is 1.66. The van der Waals surface area contributed by atoms with Crippen LogP contribution in [0, 0.1) is 0 Å². The molecule has 1 aromatic heterocycles. The molecule has 0 aliphatic carbocycles. The number of amides is 1. The van der Waals surface area contributed by atoms with Crippen molar-refractivity contribution in [3.8, 4) is 0 Å². The molecule has 0 saturated carbocycles. The third-order valence-electron chi connectivity index (χ3n) is 2.36. The Hall–Kier alpha value is -1.20. The Labute approximate surface area is 106 Å². The molecule has 0 radical (unpaired) electrons. The number of nitrogens with zero attached hydrogens (tertiary/aromatic N) is 1. The largest absolute Gasteiger partial charge is 0.351 e. The van der Waals surface area contributed by atoms with Gasteiger partial charge in [-0.2, -0.15) is 0 Å². The van der Waals surface area contributed by atoms with Gasteiger partial charge in [-0.3, -0.25) is 10.1 Å². The first kappa shape index (κ1) is 13.9. The first-order chi connectivity index (χ1) is 7.97. The van der Waals surface area contributed by atoms with Crippen LogP contribution >= 0.6 is 11.3 Å². The van der Waals surface area contributed by atoms with Crippen LogP contribution in [0.15, 0.2) is 24.2 Å². The van der Waals surface area contributed by atoms with Gasteiger partial charge in [0.15, 0.2) is 0 Å². The number of carbonyl (C=O) groups excluding carboxylic acids is 1. The van der Waals surface area contributed by atoms with Gasteiger partial charge in [0.1, 0.15) is 5.01 Å². The standard InChI is InChI=1S/C12H19N3OS/c1-5-6-13-10(16)9(2)15-12(3,4)11-14-7-8-17-11/h5,7-9,15H,1,6H2,2-4H3,(H,13,16). The minimum Gasteiger partial charge on any atom is -0.351 e. The minimum atomic E-state index is -0.306. The van der Waals surface area contributed by atoms with E-state index >= 15 is 0 Å². The van der Waals surface area contributed by atoms with Crippen molar-refractivity contribution in [2.24, 2.45) is 0 Å². The van der Waals surface area contributed by atoms with Crippen LogP contribution in [-0.2, 0) is 10.3 Å². The van der Waals surface area contributed by atoms with E-state index in [4.69, 9.17) is 0 Å². The SMILES string of the molecule is C=CCNC(=O)C(C)NC(C)(C)c1nccs1. The van der Waals surface area contributed by atoms with E-state index in [0.717, 1.165) is 5.01 Å². The molecule has 0 bridgehead atoms. The van der Waals surface area contributed by atoms with Gasteiger partial charge in [-0.15, -0.1) is 17.9 Å². The average molecular weight is 253 g/mol. The predicted molar refractivity (Wildman–Crippen MR) is 70.9 cm³/mol. The van der Waals surface area contributed by atoms with Crippen LogP contribution in [0.3, 0.4) is 0 Å². The zero-order valence-electron chi connectivity index (χ0n) is 10.5. The summed E-state index contributed by atoms with van der Waals surface area (Å²) in [6.45, 7) is 9.93. The maximum absolute atomic E-state index is 11.7. The summed E-state index contributed by atoms with van der Waals surface area (Å²) in [7, 11) is 0. The Morgan fingerprint density at radius 1 is 1.71 bits per heavy atom. The highest BCUT2D eigenvalue weighted by molar-refractivity contribution is 7.09. The van der Waals surface area contributed by atoms with E-state index < -0.39 is 0 Å². The van der Waals surface area contributed by atoms with E-state index in [0.29, 0.717) is 6.54 Å². The molecular formula is C12H19N3OS. The molecule has 0 aliphatic rings. The Morgan fingerprint density at radius 3 is 2.94 bits per heavy atom. The van der Waals surface area contributed by atoms with E-state index in [1.807, 2.05) is 26.2 Å². The van der Waals surface area contributed by atoms with Gasteiger partial charge in [0, 0.05) is 18.1 Å². The normalized spacial score (nSPS) is 13.1. The van der Waals surface area contributed by atoms with Crippen LogP contribution in [0.25, 0.3) is 0 Å². The molecule has 94 valence electrons.